The molecule has 10 heteroatoms. The first-order valence-electron chi connectivity index (χ1n) is 17.0. The second-order valence-corrected chi connectivity index (χ2v) is 14.6. The molecule has 3 aliphatic carbocycles. The molecule has 10 nitrogen and oxygen atoms in total. The lowest BCUT2D eigenvalue weighted by Gasteiger charge is -2.61. The number of carbonyl (C=O) groups is 1. The number of hydrogen-bond donors (Lipinski definition) is 5. The Morgan fingerprint density at radius 1 is 1.06 bits per heavy atom. The van der Waals surface area contributed by atoms with Crippen LogP contribution in [0.1, 0.15) is 71.8 Å². The summed E-state index contributed by atoms with van der Waals surface area (Å²) in [5.74, 6) is -5.59. The van der Waals surface area contributed by atoms with Crippen LogP contribution in [0, 0.1) is 23.7 Å². The summed E-state index contributed by atoms with van der Waals surface area (Å²) in [7, 11) is 0. The molecule has 0 aromatic heterocycles. The summed E-state index contributed by atoms with van der Waals surface area (Å²) in [6.45, 7) is 11.0. The lowest BCUT2D eigenvalue weighted by Crippen LogP contribution is -2.73. The van der Waals surface area contributed by atoms with Crippen molar-refractivity contribution in [1.82, 2.24) is 0 Å². The van der Waals surface area contributed by atoms with Crippen LogP contribution in [-0.4, -0.2) is 84.9 Å². The first-order valence-corrected chi connectivity index (χ1v) is 17.0. The van der Waals surface area contributed by atoms with Gasteiger partial charge in [0.1, 0.15) is 30.0 Å². The Morgan fingerprint density at radius 3 is 2.47 bits per heavy atom. The molecule has 47 heavy (non-hydrogen) atoms. The van der Waals surface area contributed by atoms with E-state index in [1.54, 1.807) is 25.1 Å². The van der Waals surface area contributed by atoms with Crippen molar-refractivity contribution in [2.75, 3.05) is 6.61 Å². The molecule has 258 valence electrons. The maximum absolute atomic E-state index is 12.8. The summed E-state index contributed by atoms with van der Waals surface area (Å²) in [6, 6.07) is 9.11. The van der Waals surface area contributed by atoms with Crippen molar-refractivity contribution in [3.8, 4) is 0 Å². The molecule has 2 aliphatic heterocycles. The van der Waals surface area contributed by atoms with Crippen molar-refractivity contribution in [3.63, 3.8) is 0 Å². The third-order valence-corrected chi connectivity index (χ3v) is 11.8. The van der Waals surface area contributed by atoms with Gasteiger partial charge in [0.05, 0.1) is 17.8 Å². The summed E-state index contributed by atoms with van der Waals surface area (Å²) >= 11 is 0. The van der Waals surface area contributed by atoms with Crippen molar-refractivity contribution >= 4 is 5.97 Å². The Hall–Kier alpha value is -2.41. The number of carbonyl (C=O) groups excluding carboxylic acids is 1. The molecule has 1 aromatic carbocycles. The third-order valence-electron chi connectivity index (χ3n) is 11.8. The van der Waals surface area contributed by atoms with E-state index in [0.29, 0.717) is 17.6 Å². The van der Waals surface area contributed by atoms with Crippen molar-refractivity contribution in [2.24, 2.45) is 23.7 Å². The molecule has 5 N–H and O–H groups in total. The molecule has 0 spiro atoms. The normalized spacial score (nSPS) is 46.8. The Kier molecular flexibility index (Phi) is 8.92. The van der Waals surface area contributed by atoms with Crippen molar-refractivity contribution in [1.29, 1.82) is 0 Å². The number of fused-ring (bicyclic) bond motifs is 2. The van der Waals surface area contributed by atoms with Gasteiger partial charge in [0.15, 0.2) is 5.60 Å². The number of allylic oxidation sites excluding steroid dienone is 3. The quantitative estimate of drug-likeness (QED) is 0.0834. The number of rotatable bonds is 10. The smallest absolute Gasteiger partial charge is 0.330 e. The van der Waals surface area contributed by atoms with Gasteiger partial charge in [-0.05, 0) is 50.0 Å². The summed E-state index contributed by atoms with van der Waals surface area (Å²) in [6.07, 6.45) is 4.67. The third kappa shape index (κ3) is 4.86. The minimum atomic E-state index is -2.64. The first-order chi connectivity index (χ1) is 22.2. The number of aliphatic hydroxyl groups excluding tert-OH is 3. The molecule has 0 amide bonds. The fourth-order valence-corrected chi connectivity index (χ4v) is 9.47. The second-order valence-electron chi connectivity index (χ2n) is 14.6. The molecule has 6 rings (SSSR count). The molecule has 1 aromatic rings. The van der Waals surface area contributed by atoms with Crippen molar-refractivity contribution in [2.45, 2.75) is 119 Å². The fraction of sp³-hybridized carbons (Fsp3) is 0.649. The number of aliphatic hydroxyl groups is 5. The van der Waals surface area contributed by atoms with Gasteiger partial charge in [-0.1, -0.05) is 88.8 Å². The largest absolute Gasteiger partial charge is 0.459 e. The van der Waals surface area contributed by atoms with Crippen LogP contribution in [0.15, 0.2) is 66.8 Å². The zero-order valence-corrected chi connectivity index (χ0v) is 27.7. The molecule has 3 bridgehead atoms. The van der Waals surface area contributed by atoms with E-state index in [9.17, 15) is 30.3 Å². The van der Waals surface area contributed by atoms with E-state index in [-0.39, 0.29) is 6.42 Å². The van der Waals surface area contributed by atoms with E-state index in [1.807, 2.05) is 38.1 Å². The SMILES string of the molecule is C=C(C)[C@]12C[C@@H](C)[C@@]34O[C@](c5ccccc5)(O[C@@H]1[C@@H]3[C@H](O)[C@](O)(COC(=O)C=CC=CCCCCC)[C@@H](O)[C@@]1(O)[C@H]4C[C@H](C)[C@@H]1O)O2. The van der Waals surface area contributed by atoms with Crippen LogP contribution < -0.4 is 0 Å². The maximum Gasteiger partial charge on any atom is 0.330 e. The summed E-state index contributed by atoms with van der Waals surface area (Å²) < 4.78 is 26.0. The Labute approximate surface area is 276 Å². The molecule has 5 fully saturated rings. The Bertz CT molecular complexity index is 1410. The Balaban J connectivity index is 1.42. The van der Waals surface area contributed by atoms with Gasteiger partial charge in [-0.15, -0.1) is 0 Å². The second kappa shape index (κ2) is 12.2. The zero-order valence-electron chi connectivity index (χ0n) is 27.7. The van der Waals surface area contributed by atoms with Crippen LogP contribution in [0.3, 0.4) is 0 Å². The molecule has 0 unspecified atom stereocenters. The van der Waals surface area contributed by atoms with E-state index in [0.717, 1.165) is 25.7 Å². The maximum atomic E-state index is 12.8. The van der Waals surface area contributed by atoms with Gasteiger partial charge >= 0.3 is 11.9 Å². The van der Waals surface area contributed by atoms with Crippen LogP contribution in [0.2, 0.25) is 0 Å². The minimum Gasteiger partial charge on any atom is -0.459 e. The number of benzene rings is 1. The van der Waals surface area contributed by atoms with Gasteiger partial charge in [-0.3, -0.25) is 0 Å². The molecule has 3 saturated carbocycles. The minimum absolute atomic E-state index is 0.211. The number of hydrogen-bond acceptors (Lipinski definition) is 10. The standard InChI is InChI=1S/C37H50O10/c1-6-7-8-9-10-11-15-18-27(38)44-21-33(42)30(40)28-31-34(22(2)3)20-24(5)36(28,26-19-23(4)29(39)35(26,43)32(33)41)47-37(45-31,46-34)25-16-13-12-14-17-25/h10-18,23-24,26,28-32,39-43H,2,6-9,19-21H2,1,3-5H3/t23-,24+,26+,28-,29-,30-,31+,32+,33+,34+,35+,36-,37+/m0/s1. The highest BCUT2D eigenvalue weighted by Crippen LogP contribution is 2.72. The van der Waals surface area contributed by atoms with Crippen LogP contribution in [0.4, 0.5) is 0 Å². The molecular weight excluding hydrogens is 604 g/mol. The van der Waals surface area contributed by atoms with E-state index in [2.05, 4.69) is 13.5 Å². The average molecular weight is 655 g/mol. The van der Waals surface area contributed by atoms with Crippen LogP contribution in [0.5, 0.6) is 0 Å². The topological polar surface area (TPSA) is 155 Å². The van der Waals surface area contributed by atoms with E-state index in [4.69, 9.17) is 18.9 Å². The number of unbranched alkanes of at least 4 members (excludes halogenated alkanes) is 3. The van der Waals surface area contributed by atoms with Gasteiger partial charge in [-0.2, -0.15) is 0 Å². The Morgan fingerprint density at radius 2 is 1.79 bits per heavy atom. The van der Waals surface area contributed by atoms with Crippen molar-refractivity contribution < 1.29 is 49.3 Å². The van der Waals surface area contributed by atoms with E-state index in [1.165, 1.54) is 12.2 Å². The summed E-state index contributed by atoms with van der Waals surface area (Å²) in [5.41, 5.74) is -6.44. The molecule has 2 heterocycles. The van der Waals surface area contributed by atoms with Crippen LogP contribution >= 0.6 is 0 Å². The van der Waals surface area contributed by atoms with Crippen molar-refractivity contribution in [3.05, 3.63) is 72.4 Å². The highest BCUT2D eigenvalue weighted by molar-refractivity contribution is 5.82. The zero-order chi connectivity index (χ0) is 34.0. The number of esters is 1. The summed E-state index contributed by atoms with van der Waals surface area (Å²) in [4.78, 5) is 12.8. The molecule has 5 aliphatic rings. The predicted molar refractivity (Wildman–Crippen MR) is 171 cm³/mol. The highest BCUT2D eigenvalue weighted by Gasteiger charge is 2.85. The van der Waals surface area contributed by atoms with Crippen LogP contribution in [-0.2, 0) is 29.7 Å². The number of ether oxygens (including phenoxy) is 4. The lowest BCUT2D eigenvalue weighted by molar-refractivity contribution is -0.446. The van der Waals surface area contributed by atoms with Crippen LogP contribution in [0.25, 0.3) is 0 Å². The first kappa shape index (κ1) is 34.5. The van der Waals surface area contributed by atoms with Gasteiger partial charge in [0.2, 0.25) is 0 Å². The molecule has 2 saturated heterocycles. The van der Waals surface area contributed by atoms with Gasteiger partial charge in [0.25, 0.3) is 0 Å². The fourth-order valence-electron chi connectivity index (χ4n) is 9.47. The van der Waals surface area contributed by atoms with Gasteiger partial charge in [0, 0.05) is 23.5 Å². The predicted octanol–water partition coefficient (Wildman–Crippen LogP) is 3.40. The summed E-state index contributed by atoms with van der Waals surface area (Å²) in [5, 5.41) is 60.9. The van der Waals surface area contributed by atoms with Gasteiger partial charge in [-0.25, -0.2) is 4.79 Å². The highest BCUT2D eigenvalue weighted by atomic mass is 16.9. The van der Waals surface area contributed by atoms with E-state index >= 15 is 0 Å². The molecule has 0 radical (unpaired) electrons. The lowest BCUT2D eigenvalue weighted by atomic mass is 9.53. The monoisotopic (exact) mass is 654 g/mol. The molecular formula is C37H50O10. The van der Waals surface area contributed by atoms with E-state index < -0.39 is 89.0 Å². The average Bonchev–Trinajstić information content (AvgIpc) is 3.41. The van der Waals surface area contributed by atoms with Gasteiger partial charge < -0.3 is 44.5 Å². The molecule has 13 atom stereocenters.